The second kappa shape index (κ2) is 16.7. The molecule has 60 heavy (non-hydrogen) atoms. The zero-order valence-electron chi connectivity index (χ0n) is 32.0. The van der Waals surface area contributed by atoms with Crippen molar-refractivity contribution >= 4 is 63.4 Å². The summed E-state index contributed by atoms with van der Waals surface area (Å²) in [7, 11) is -3.29. The third-order valence-electron chi connectivity index (χ3n) is 13.8. The summed E-state index contributed by atoms with van der Waals surface area (Å²) in [4.78, 5) is 0. The SMILES string of the molecule is C=C[C@H]1CCC[C@@H]2C(=C)C[C@@]3(C[P+](c4ccccc4)(c4ccccc4)c4ccccc4)C[C@]21C[B-]3(c1c(F)c(F)c(F)c(F)c1F)c1c(F)c(F)c(F)c(F)c1F.ClCCl. The Kier molecular flexibility index (Phi) is 12.2. The topological polar surface area (TPSA) is 0 Å². The van der Waals surface area contributed by atoms with Crippen LogP contribution >= 0.6 is 30.5 Å². The van der Waals surface area contributed by atoms with Crippen molar-refractivity contribution in [1.82, 2.24) is 0 Å². The Hall–Kier alpha value is -4.05. The maximum atomic E-state index is 17.0. The fourth-order valence-corrected chi connectivity index (χ4v) is 16.9. The van der Waals surface area contributed by atoms with Crippen molar-refractivity contribution < 1.29 is 43.9 Å². The summed E-state index contributed by atoms with van der Waals surface area (Å²) in [5.74, 6) is -25.2. The van der Waals surface area contributed by atoms with Crippen LogP contribution in [0.25, 0.3) is 0 Å². The summed E-state index contributed by atoms with van der Waals surface area (Å²) in [5.41, 5.74) is -3.87. The van der Waals surface area contributed by atoms with Crippen molar-refractivity contribution in [1.29, 1.82) is 0 Å². The number of halogens is 12. The van der Waals surface area contributed by atoms with Crippen LogP contribution in [0.3, 0.4) is 0 Å². The van der Waals surface area contributed by atoms with Gasteiger partial charge in [-0.15, -0.1) is 46.0 Å². The largest absolute Gasteiger partial charge is 0.207 e. The number of benzene rings is 5. The van der Waals surface area contributed by atoms with Crippen molar-refractivity contribution in [3.63, 3.8) is 0 Å². The Morgan fingerprint density at radius 3 is 1.33 bits per heavy atom. The van der Waals surface area contributed by atoms with E-state index in [2.05, 4.69) is 13.2 Å². The van der Waals surface area contributed by atoms with Crippen molar-refractivity contribution in [2.24, 2.45) is 17.3 Å². The van der Waals surface area contributed by atoms with Gasteiger partial charge in [-0.05, 0) is 66.5 Å². The van der Waals surface area contributed by atoms with E-state index in [1.54, 1.807) is 60.7 Å². The van der Waals surface area contributed by atoms with Crippen LogP contribution in [0.15, 0.2) is 116 Å². The van der Waals surface area contributed by atoms with Crippen molar-refractivity contribution in [3.8, 4) is 0 Å². The Labute approximate surface area is 352 Å². The van der Waals surface area contributed by atoms with Gasteiger partial charge >= 0.3 is 0 Å². The Morgan fingerprint density at radius 2 is 0.967 bits per heavy atom. The average Bonchev–Trinajstić information content (AvgIpc) is 3.48. The van der Waals surface area contributed by atoms with Crippen molar-refractivity contribution in [2.75, 3.05) is 11.5 Å². The van der Waals surface area contributed by atoms with Crippen LogP contribution in [0.4, 0.5) is 43.9 Å². The first kappa shape index (κ1) is 44.0. The maximum absolute atomic E-state index is 17.0. The number of alkyl halides is 2. The minimum atomic E-state index is -4.21. The van der Waals surface area contributed by atoms with Gasteiger partial charge in [0.05, 0.1) is 11.5 Å². The van der Waals surface area contributed by atoms with E-state index < -0.39 is 111 Å². The summed E-state index contributed by atoms with van der Waals surface area (Å²) in [5, 5.41) is 0.356. The van der Waals surface area contributed by atoms with Crippen LogP contribution in [-0.4, -0.2) is 17.6 Å². The van der Waals surface area contributed by atoms with Crippen LogP contribution in [0.1, 0.15) is 32.1 Å². The Morgan fingerprint density at radius 1 is 0.600 bits per heavy atom. The molecule has 0 unspecified atom stereocenters. The van der Waals surface area contributed by atoms with E-state index in [0.29, 0.717) is 40.7 Å². The number of rotatable bonds is 8. The van der Waals surface area contributed by atoms with Crippen molar-refractivity contribution in [2.45, 2.75) is 43.7 Å². The van der Waals surface area contributed by atoms with Gasteiger partial charge in [0.15, 0.2) is 34.9 Å². The first-order chi connectivity index (χ1) is 28.6. The molecule has 0 radical (unpaired) electrons. The van der Waals surface area contributed by atoms with E-state index >= 15 is 35.1 Å². The molecule has 3 aliphatic rings. The molecule has 2 aliphatic carbocycles. The quantitative estimate of drug-likeness (QED) is 0.0277. The molecule has 1 saturated heterocycles. The van der Waals surface area contributed by atoms with Gasteiger partial charge < -0.3 is 0 Å². The fraction of sp³-hybridized carbons (Fsp3) is 0.261. The van der Waals surface area contributed by atoms with Gasteiger partial charge in [0, 0.05) is 6.16 Å². The monoisotopic (exact) mass is 892 g/mol. The molecule has 2 bridgehead atoms. The Bertz CT molecular complexity index is 2230. The molecule has 4 atom stereocenters. The second-order valence-corrected chi connectivity index (χ2v) is 20.5. The first-order valence-corrected chi connectivity index (χ1v) is 22.4. The number of allylic oxidation sites excluding steroid dienone is 2. The standard InChI is InChI=1S/C45H36BF10P.CH2Cl2/c1-3-27-14-13-21-31-26(2)22-44(25-57(28-15-7-4-8-16-28,29-17-9-5-10-18-29)30-19-11-6-12-20-30)23-45(27,31)24-46(44,32-34(47)38(51)42(55)39(52)35(32)48)33-36(49)40(53)43(56)41(54)37(33)50;2-1-3/h3-12,15-20,27,31H,1-2,13-14,21-25H2;1H2/t27-,31+,44-,45+;/m0./s1. The molecule has 2 saturated carbocycles. The molecular formula is C46H38BCl2F10P. The zero-order valence-corrected chi connectivity index (χ0v) is 34.4. The number of hydrogen-bond acceptors (Lipinski definition) is 0. The number of fused-ring (bicyclic) bond motifs is 1. The van der Waals surface area contributed by atoms with E-state index in [9.17, 15) is 8.78 Å². The van der Waals surface area contributed by atoms with Gasteiger partial charge in [-0.2, -0.15) is 6.32 Å². The number of hydrogen-bond donors (Lipinski definition) is 0. The zero-order chi connectivity index (χ0) is 43.4. The predicted octanol–water partition coefficient (Wildman–Crippen LogP) is 11.7. The molecule has 14 heteroatoms. The molecule has 1 spiro atoms. The van der Waals surface area contributed by atoms with Crippen LogP contribution in [0, 0.1) is 75.4 Å². The molecule has 1 heterocycles. The second-order valence-electron chi connectivity index (χ2n) is 16.2. The van der Waals surface area contributed by atoms with Crippen LogP contribution in [0.5, 0.6) is 0 Å². The van der Waals surface area contributed by atoms with Gasteiger partial charge in [-0.3, -0.25) is 0 Å². The molecule has 0 amide bonds. The summed E-state index contributed by atoms with van der Waals surface area (Å²) in [6.45, 7) is 8.48. The van der Waals surface area contributed by atoms with Gasteiger partial charge in [-0.25, -0.2) is 43.9 Å². The lowest BCUT2D eigenvalue weighted by Crippen LogP contribution is -2.69. The molecule has 0 N–H and O–H groups in total. The van der Waals surface area contributed by atoms with Gasteiger partial charge in [0.2, 0.25) is 0 Å². The average molecular weight is 893 g/mol. The lowest BCUT2D eigenvalue weighted by atomic mass is 9.08. The van der Waals surface area contributed by atoms with Crippen molar-refractivity contribution in [3.05, 3.63) is 174 Å². The minimum absolute atomic E-state index is 0.117. The highest BCUT2D eigenvalue weighted by Gasteiger charge is 2.71. The Balaban J connectivity index is 0.00000176. The smallest absolute Gasteiger partial charge is 0.200 e. The lowest BCUT2D eigenvalue weighted by molar-refractivity contribution is 0.0604. The van der Waals surface area contributed by atoms with E-state index in [1.165, 1.54) is 0 Å². The summed E-state index contributed by atoms with van der Waals surface area (Å²) in [6, 6.07) is 27.1. The fourth-order valence-electron chi connectivity index (χ4n) is 12.0. The maximum Gasteiger partial charge on any atom is 0.200 e. The first-order valence-electron chi connectivity index (χ1n) is 19.3. The third kappa shape index (κ3) is 6.38. The highest BCUT2D eigenvalue weighted by molar-refractivity contribution is 7.95. The van der Waals surface area contributed by atoms with Crippen LogP contribution < -0.4 is 26.8 Å². The predicted molar refractivity (Wildman–Crippen MR) is 223 cm³/mol. The van der Waals surface area contributed by atoms with Crippen LogP contribution in [-0.2, 0) is 0 Å². The van der Waals surface area contributed by atoms with E-state index in [0.717, 1.165) is 0 Å². The molecule has 314 valence electrons. The summed E-state index contributed by atoms with van der Waals surface area (Å²) < 4.78 is 161. The molecule has 0 aromatic heterocycles. The molecular weight excluding hydrogens is 855 g/mol. The van der Waals surface area contributed by atoms with Gasteiger partial charge in [0.1, 0.15) is 46.4 Å². The molecule has 8 rings (SSSR count). The lowest BCUT2D eigenvalue weighted by Gasteiger charge is -2.58. The van der Waals surface area contributed by atoms with E-state index in [4.69, 9.17) is 23.2 Å². The summed E-state index contributed by atoms with van der Waals surface area (Å²) in [6.07, 6.45) is -2.32. The molecule has 3 fully saturated rings. The molecule has 5 aromatic carbocycles. The van der Waals surface area contributed by atoms with Crippen LogP contribution in [0.2, 0.25) is 11.6 Å². The highest BCUT2D eigenvalue weighted by Crippen LogP contribution is 2.78. The van der Waals surface area contributed by atoms with Gasteiger partial charge in [0.25, 0.3) is 0 Å². The minimum Gasteiger partial charge on any atom is -0.207 e. The highest BCUT2D eigenvalue weighted by atomic mass is 35.5. The molecule has 5 aromatic rings. The normalized spacial score (nSPS) is 23.1. The molecule has 0 nitrogen and oxygen atoms in total. The summed E-state index contributed by atoms with van der Waals surface area (Å²) >= 11 is 9.53. The van der Waals surface area contributed by atoms with E-state index in [1.807, 2.05) is 36.4 Å². The third-order valence-corrected chi connectivity index (χ3v) is 18.5. The van der Waals surface area contributed by atoms with E-state index in [-0.39, 0.29) is 24.3 Å². The van der Waals surface area contributed by atoms with Gasteiger partial charge in [-0.1, -0.05) is 92.1 Å². The molecule has 1 aliphatic heterocycles.